The molecule has 1 saturated heterocycles. The fourth-order valence-corrected chi connectivity index (χ4v) is 2.87. The van der Waals surface area contributed by atoms with Gasteiger partial charge < -0.3 is 19.3 Å². The first-order valence-corrected chi connectivity index (χ1v) is 7.46. The first kappa shape index (κ1) is 17.3. The van der Waals surface area contributed by atoms with Gasteiger partial charge in [-0.05, 0) is 29.3 Å². The summed E-state index contributed by atoms with van der Waals surface area (Å²) in [4.78, 5) is 13.9. The number of aliphatic hydroxyl groups is 1. The summed E-state index contributed by atoms with van der Waals surface area (Å²) < 4.78 is 48.5. The topological polar surface area (TPSA) is 75.8 Å². The van der Waals surface area contributed by atoms with Crippen LogP contribution < -0.4 is 4.74 Å². The van der Waals surface area contributed by atoms with E-state index >= 15 is 0 Å². The molecule has 1 amide bonds. The largest absolute Gasteiger partial charge is 0.479 e. The highest BCUT2D eigenvalue weighted by atomic mass is 19.4. The van der Waals surface area contributed by atoms with Gasteiger partial charge in [0.25, 0.3) is 11.8 Å². The molecule has 3 rings (SSSR count). The van der Waals surface area contributed by atoms with Crippen molar-refractivity contribution in [3.63, 3.8) is 0 Å². The molecule has 25 heavy (non-hydrogen) atoms. The second-order valence-corrected chi connectivity index (χ2v) is 5.72. The van der Waals surface area contributed by atoms with Gasteiger partial charge in [-0.25, -0.2) is 0 Å². The molecule has 9 heteroatoms. The summed E-state index contributed by atoms with van der Waals surface area (Å²) >= 11 is 0. The molecular formula is C16H15F3N2O4. The van der Waals surface area contributed by atoms with E-state index in [9.17, 15) is 23.1 Å². The molecule has 2 aromatic rings. The third-order valence-electron chi connectivity index (χ3n) is 4.05. The number of aromatic nitrogens is 1. The molecular weight excluding hydrogens is 341 g/mol. The Bertz CT molecular complexity index is 775. The van der Waals surface area contributed by atoms with Crippen molar-refractivity contribution in [1.82, 2.24) is 10.1 Å². The number of hydrogen-bond donors (Lipinski definition) is 1. The van der Waals surface area contributed by atoms with Crippen molar-refractivity contribution < 1.29 is 32.3 Å². The number of nitrogens with zero attached hydrogens (tertiary/aromatic N) is 2. The number of halogens is 3. The number of ether oxygens (including phenoxy) is 1. The predicted octanol–water partition coefficient (Wildman–Crippen LogP) is 2.65. The third kappa shape index (κ3) is 3.46. The van der Waals surface area contributed by atoms with E-state index in [1.165, 1.54) is 30.2 Å². The number of rotatable bonds is 3. The van der Waals surface area contributed by atoms with Crippen LogP contribution in [0.3, 0.4) is 0 Å². The normalized spacial score (nSPS) is 20.8. The van der Waals surface area contributed by atoms with Gasteiger partial charge in [-0.3, -0.25) is 4.79 Å². The molecule has 0 bridgehead atoms. The molecule has 0 spiro atoms. The highest BCUT2D eigenvalue weighted by molar-refractivity contribution is 5.92. The van der Waals surface area contributed by atoms with Crippen molar-refractivity contribution in [2.24, 2.45) is 0 Å². The summed E-state index contributed by atoms with van der Waals surface area (Å²) in [5.41, 5.74) is -0.508. The van der Waals surface area contributed by atoms with Gasteiger partial charge in [0.1, 0.15) is 0 Å². The van der Waals surface area contributed by atoms with Crippen molar-refractivity contribution >= 4 is 5.91 Å². The number of carbonyl (C=O) groups excluding carboxylic acids is 1. The number of hydrogen-bond acceptors (Lipinski definition) is 5. The first-order valence-electron chi connectivity index (χ1n) is 7.46. The van der Waals surface area contributed by atoms with Crippen LogP contribution in [0.5, 0.6) is 5.88 Å². The summed E-state index contributed by atoms with van der Waals surface area (Å²) in [7, 11) is 1.36. The fourth-order valence-electron chi connectivity index (χ4n) is 2.87. The Morgan fingerprint density at radius 2 is 2.16 bits per heavy atom. The highest BCUT2D eigenvalue weighted by Crippen LogP contribution is 2.37. The van der Waals surface area contributed by atoms with E-state index in [4.69, 9.17) is 9.26 Å². The number of carbonyl (C=O) groups is 1. The molecule has 134 valence electrons. The lowest BCUT2D eigenvalue weighted by atomic mass is 10.0. The van der Waals surface area contributed by atoms with Crippen LogP contribution in [0.15, 0.2) is 34.9 Å². The van der Waals surface area contributed by atoms with Gasteiger partial charge in [0.2, 0.25) is 5.76 Å². The van der Waals surface area contributed by atoms with E-state index in [1.54, 1.807) is 0 Å². The Morgan fingerprint density at radius 1 is 1.40 bits per heavy atom. The number of amides is 1. The lowest BCUT2D eigenvalue weighted by molar-refractivity contribution is -0.137. The summed E-state index contributed by atoms with van der Waals surface area (Å²) in [6.45, 7) is -0.0111. The number of likely N-dealkylation sites (tertiary alicyclic amines) is 1. The van der Waals surface area contributed by atoms with E-state index in [0.29, 0.717) is 5.56 Å². The zero-order valence-electron chi connectivity index (χ0n) is 13.2. The molecule has 2 unspecified atom stereocenters. The SMILES string of the molecule is COc1cc(C(=O)N2CC(O)CC2c2cccc(C(F)(F)F)c2)on1. The minimum absolute atomic E-state index is 0.0111. The molecule has 6 nitrogen and oxygen atoms in total. The standard InChI is InChI=1S/C16H15F3N2O4/c1-24-14-7-13(25-20-14)15(23)21-8-11(22)6-12(21)9-3-2-4-10(5-9)16(17,18)19/h2-5,7,11-12,22H,6,8H2,1H3. The molecule has 1 aliphatic heterocycles. The van der Waals surface area contributed by atoms with Gasteiger partial charge in [0.15, 0.2) is 0 Å². The number of aliphatic hydroxyl groups excluding tert-OH is 1. The van der Waals surface area contributed by atoms with Gasteiger partial charge in [0, 0.05) is 6.54 Å². The van der Waals surface area contributed by atoms with Crippen LogP contribution in [0.4, 0.5) is 13.2 Å². The maximum absolute atomic E-state index is 12.9. The zero-order valence-corrected chi connectivity index (χ0v) is 13.2. The predicted molar refractivity (Wildman–Crippen MR) is 78.9 cm³/mol. The Morgan fingerprint density at radius 3 is 2.80 bits per heavy atom. The lowest BCUT2D eigenvalue weighted by Gasteiger charge is -2.24. The van der Waals surface area contributed by atoms with Gasteiger partial charge in [-0.15, -0.1) is 0 Å². The maximum Gasteiger partial charge on any atom is 0.416 e. The quantitative estimate of drug-likeness (QED) is 0.915. The minimum atomic E-state index is -4.49. The first-order chi connectivity index (χ1) is 11.8. The summed E-state index contributed by atoms with van der Waals surface area (Å²) in [5.74, 6) is -0.573. The van der Waals surface area contributed by atoms with Crippen LogP contribution in [0.25, 0.3) is 0 Å². The molecule has 1 aromatic heterocycles. The molecule has 1 aromatic carbocycles. The Balaban J connectivity index is 1.90. The molecule has 1 aliphatic rings. The van der Waals surface area contributed by atoms with Crippen LogP contribution in [0.2, 0.25) is 0 Å². The number of β-amino-alcohol motifs (C(OH)–C–C–N with tert-alkyl or cyclic N) is 1. The van der Waals surface area contributed by atoms with E-state index < -0.39 is 29.8 Å². The Hall–Kier alpha value is -2.55. The molecule has 1 N–H and O–H groups in total. The van der Waals surface area contributed by atoms with Crippen molar-refractivity contribution in [2.45, 2.75) is 24.7 Å². The van der Waals surface area contributed by atoms with Crippen molar-refractivity contribution in [2.75, 3.05) is 13.7 Å². The zero-order chi connectivity index (χ0) is 18.2. The second kappa shape index (κ2) is 6.40. The van der Waals surface area contributed by atoms with Crippen LogP contribution in [0, 0.1) is 0 Å². The molecule has 0 saturated carbocycles. The monoisotopic (exact) mass is 356 g/mol. The van der Waals surface area contributed by atoms with Crippen molar-refractivity contribution in [1.29, 1.82) is 0 Å². The minimum Gasteiger partial charge on any atom is -0.479 e. The third-order valence-corrected chi connectivity index (χ3v) is 4.05. The van der Waals surface area contributed by atoms with Gasteiger partial charge >= 0.3 is 6.18 Å². The van der Waals surface area contributed by atoms with Gasteiger partial charge in [0.05, 0.1) is 30.9 Å². The van der Waals surface area contributed by atoms with E-state index in [2.05, 4.69) is 5.16 Å². The maximum atomic E-state index is 12.9. The van der Waals surface area contributed by atoms with Crippen molar-refractivity contribution in [3.05, 3.63) is 47.2 Å². The fraction of sp³-hybridized carbons (Fsp3) is 0.375. The smallest absolute Gasteiger partial charge is 0.416 e. The molecule has 0 aliphatic carbocycles. The molecule has 1 fully saturated rings. The average Bonchev–Trinajstić information content (AvgIpc) is 3.20. The van der Waals surface area contributed by atoms with Crippen LogP contribution in [-0.4, -0.2) is 40.8 Å². The van der Waals surface area contributed by atoms with Crippen LogP contribution in [-0.2, 0) is 6.18 Å². The van der Waals surface area contributed by atoms with Gasteiger partial charge in [-0.1, -0.05) is 12.1 Å². The lowest BCUT2D eigenvalue weighted by Crippen LogP contribution is -2.31. The van der Waals surface area contributed by atoms with Crippen LogP contribution in [0.1, 0.15) is 34.1 Å². The number of benzene rings is 1. The summed E-state index contributed by atoms with van der Waals surface area (Å²) in [6.07, 6.45) is -5.19. The average molecular weight is 356 g/mol. The number of methoxy groups -OCH3 is 1. The summed E-state index contributed by atoms with van der Waals surface area (Å²) in [5, 5.41) is 13.5. The Kier molecular flexibility index (Phi) is 4.42. The highest BCUT2D eigenvalue weighted by Gasteiger charge is 2.38. The molecule has 0 radical (unpaired) electrons. The van der Waals surface area contributed by atoms with E-state index in [1.807, 2.05) is 0 Å². The van der Waals surface area contributed by atoms with E-state index in [-0.39, 0.29) is 24.6 Å². The molecule has 2 atom stereocenters. The Labute approximate surface area is 140 Å². The van der Waals surface area contributed by atoms with Crippen molar-refractivity contribution in [3.8, 4) is 5.88 Å². The number of alkyl halides is 3. The second-order valence-electron chi connectivity index (χ2n) is 5.72. The molecule has 2 heterocycles. The summed E-state index contributed by atoms with van der Waals surface area (Å²) in [6, 6.07) is 5.32. The van der Waals surface area contributed by atoms with Gasteiger partial charge in [-0.2, -0.15) is 13.2 Å². The van der Waals surface area contributed by atoms with E-state index in [0.717, 1.165) is 12.1 Å². The van der Waals surface area contributed by atoms with Crippen LogP contribution >= 0.6 is 0 Å².